The zero-order valence-corrected chi connectivity index (χ0v) is 16.8. The van der Waals surface area contributed by atoms with Crippen molar-refractivity contribution in [1.82, 2.24) is 20.0 Å². The lowest BCUT2D eigenvalue weighted by atomic mass is 10.0. The summed E-state index contributed by atoms with van der Waals surface area (Å²) in [5.41, 5.74) is 1.36. The average molecular weight is 375 g/mol. The minimum Gasteiger partial charge on any atom is -0.379 e. The Morgan fingerprint density at radius 2 is 1.96 bits per heavy atom. The van der Waals surface area contributed by atoms with Crippen molar-refractivity contribution in [3.05, 3.63) is 35.9 Å². The molecule has 2 saturated heterocycles. The van der Waals surface area contributed by atoms with Gasteiger partial charge in [-0.1, -0.05) is 30.3 Å². The summed E-state index contributed by atoms with van der Waals surface area (Å²) in [7, 11) is 1.89. The van der Waals surface area contributed by atoms with Crippen LogP contribution in [0.3, 0.4) is 0 Å². The summed E-state index contributed by atoms with van der Waals surface area (Å²) in [5.74, 6) is 0.519. The summed E-state index contributed by atoms with van der Waals surface area (Å²) >= 11 is 0. The molecule has 2 atom stereocenters. The largest absolute Gasteiger partial charge is 0.379 e. The van der Waals surface area contributed by atoms with Crippen molar-refractivity contribution in [2.75, 3.05) is 59.5 Å². The van der Waals surface area contributed by atoms with Crippen molar-refractivity contribution in [3.8, 4) is 0 Å². The van der Waals surface area contributed by atoms with Crippen LogP contribution in [0.4, 0.5) is 4.79 Å². The molecule has 2 aliphatic heterocycles. The number of carbonyl (C=O) groups is 1. The van der Waals surface area contributed by atoms with E-state index < -0.39 is 0 Å². The zero-order chi connectivity index (χ0) is 19.1. The first kappa shape index (κ1) is 20.1. The van der Waals surface area contributed by atoms with Gasteiger partial charge in [-0.25, -0.2) is 4.79 Å². The van der Waals surface area contributed by atoms with E-state index in [4.69, 9.17) is 4.74 Å². The second-order valence-corrected chi connectivity index (χ2v) is 7.88. The summed E-state index contributed by atoms with van der Waals surface area (Å²) in [6.07, 6.45) is 1.14. The third-order valence-electron chi connectivity index (χ3n) is 5.82. The minimum atomic E-state index is 0.0391. The topological polar surface area (TPSA) is 48.1 Å². The van der Waals surface area contributed by atoms with Crippen molar-refractivity contribution in [3.63, 3.8) is 0 Å². The maximum Gasteiger partial charge on any atom is 0.317 e. The minimum absolute atomic E-state index is 0.0391. The first-order chi connectivity index (χ1) is 13.1. The SMILES string of the molecule is CC(NC(=O)N(C)CCN1CCOCC1)C1CCN(Cc2ccccc2)C1. The number of urea groups is 1. The Morgan fingerprint density at radius 3 is 2.70 bits per heavy atom. The fraction of sp³-hybridized carbons (Fsp3) is 0.667. The van der Waals surface area contributed by atoms with Crippen LogP contribution >= 0.6 is 0 Å². The van der Waals surface area contributed by atoms with Crippen LogP contribution in [-0.2, 0) is 11.3 Å². The van der Waals surface area contributed by atoms with Gasteiger partial charge in [-0.3, -0.25) is 9.80 Å². The summed E-state index contributed by atoms with van der Waals surface area (Å²) in [4.78, 5) is 19.2. The van der Waals surface area contributed by atoms with Crippen molar-refractivity contribution in [1.29, 1.82) is 0 Å². The van der Waals surface area contributed by atoms with E-state index in [-0.39, 0.29) is 12.1 Å². The third kappa shape index (κ3) is 6.19. The number of hydrogen-bond acceptors (Lipinski definition) is 4. The molecule has 0 bridgehead atoms. The number of amides is 2. The Labute approximate surface area is 163 Å². The molecule has 1 aromatic rings. The predicted molar refractivity (Wildman–Crippen MR) is 108 cm³/mol. The number of ether oxygens (including phenoxy) is 1. The molecule has 3 rings (SSSR count). The standard InChI is InChI=1S/C21H34N4O2/c1-18(20-8-9-25(17-20)16-19-6-4-3-5-7-19)22-21(26)23(2)10-11-24-12-14-27-15-13-24/h3-7,18,20H,8-17H2,1-2H3,(H,22,26). The molecule has 2 aliphatic rings. The Morgan fingerprint density at radius 1 is 1.22 bits per heavy atom. The van der Waals surface area contributed by atoms with Gasteiger partial charge < -0.3 is 15.0 Å². The lowest BCUT2D eigenvalue weighted by Gasteiger charge is -2.29. The third-order valence-corrected chi connectivity index (χ3v) is 5.82. The maximum atomic E-state index is 12.5. The van der Waals surface area contributed by atoms with Gasteiger partial charge in [0.15, 0.2) is 0 Å². The van der Waals surface area contributed by atoms with E-state index in [0.717, 1.165) is 65.4 Å². The number of nitrogens with one attached hydrogen (secondary N) is 1. The molecule has 0 spiro atoms. The van der Waals surface area contributed by atoms with E-state index in [2.05, 4.69) is 52.4 Å². The van der Waals surface area contributed by atoms with Crippen LogP contribution in [0.25, 0.3) is 0 Å². The lowest BCUT2D eigenvalue weighted by molar-refractivity contribution is 0.0356. The lowest BCUT2D eigenvalue weighted by Crippen LogP contribution is -2.48. The highest BCUT2D eigenvalue weighted by Gasteiger charge is 2.28. The van der Waals surface area contributed by atoms with Crippen molar-refractivity contribution in [2.24, 2.45) is 5.92 Å². The van der Waals surface area contributed by atoms with Gasteiger partial charge in [-0.15, -0.1) is 0 Å². The van der Waals surface area contributed by atoms with Crippen molar-refractivity contribution < 1.29 is 9.53 Å². The summed E-state index contributed by atoms with van der Waals surface area (Å²) in [5, 5.41) is 3.21. The fourth-order valence-electron chi connectivity index (χ4n) is 3.90. The van der Waals surface area contributed by atoms with Crippen molar-refractivity contribution >= 4 is 6.03 Å². The quantitative estimate of drug-likeness (QED) is 0.792. The molecule has 2 heterocycles. The van der Waals surface area contributed by atoms with Crippen LogP contribution in [-0.4, -0.2) is 86.3 Å². The zero-order valence-electron chi connectivity index (χ0n) is 16.8. The van der Waals surface area contributed by atoms with E-state index >= 15 is 0 Å². The number of morpholine rings is 1. The molecule has 2 unspecified atom stereocenters. The smallest absolute Gasteiger partial charge is 0.317 e. The number of rotatable bonds is 7. The summed E-state index contributed by atoms with van der Waals surface area (Å²) < 4.78 is 5.37. The Kier molecular flexibility index (Phi) is 7.50. The van der Waals surface area contributed by atoms with E-state index in [1.807, 2.05) is 11.9 Å². The van der Waals surface area contributed by atoms with Crippen LogP contribution in [0.15, 0.2) is 30.3 Å². The van der Waals surface area contributed by atoms with E-state index in [1.54, 1.807) is 0 Å². The highest BCUT2D eigenvalue weighted by molar-refractivity contribution is 5.74. The Bertz CT molecular complexity index is 577. The molecule has 150 valence electrons. The molecular weight excluding hydrogens is 340 g/mol. The summed E-state index contributed by atoms with van der Waals surface area (Å²) in [6, 6.07) is 10.9. The molecule has 0 aromatic heterocycles. The molecule has 2 fully saturated rings. The van der Waals surface area contributed by atoms with Crippen LogP contribution in [0.5, 0.6) is 0 Å². The molecule has 0 saturated carbocycles. The number of benzene rings is 1. The highest BCUT2D eigenvalue weighted by Crippen LogP contribution is 2.21. The molecule has 27 heavy (non-hydrogen) atoms. The van der Waals surface area contributed by atoms with Gasteiger partial charge in [0.25, 0.3) is 0 Å². The van der Waals surface area contributed by atoms with Crippen LogP contribution < -0.4 is 5.32 Å². The summed E-state index contributed by atoms with van der Waals surface area (Å²) in [6.45, 7) is 10.5. The van der Waals surface area contributed by atoms with E-state index in [1.165, 1.54) is 5.56 Å². The van der Waals surface area contributed by atoms with E-state index in [0.29, 0.717) is 5.92 Å². The predicted octanol–water partition coefficient (Wildman–Crippen LogP) is 1.87. The maximum absolute atomic E-state index is 12.5. The van der Waals surface area contributed by atoms with Crippen LogP contribution in [0.1, 0.15) is 18.9 Å². The van der Waals surface area contributed by atoms with Crippen LogP contribution in [0, 0.1) is 5.92 Å². The van der Waals surface area contributed by atoms with Crippen LogP contribution in [0.2, 0.25) is 0 Å². The normalized spacial score (nSPS) is 22.5. The van der Waals surface area contributed by atoms with Gasteiger partial charge in [0, 0.05) is 52.4 Å². The van der Waals surface area contributed by atoms with Gasteiger partial charge >= 0.3 is 6.03 Å². The van der Waals surface area contributed by atoms with E-state index in [9.17, 15) is 4.79 Å². The molecule has 1 N–H and O–H groups in total. The Hall–Kier alpha value is -1.63. The number of carbonyl (C=O) groups excluding carboxylic acids is 1. The van der Waals surface area contributed by atoms with Gasteiger partial charge in [0.1, 0.15) is 0 Å². The van der Waals surface area contributed by atoms with Gasteiger partial charge in [-0.2, -0.15) is 0 Å². The first-order valence-corrected chi connectivity index (χ1v) is 10.2. The second-order valence-electron chi connectivity index (χ2n) is 7.88. The first-order valence-electron chi connectivity index (χ1n) is 10.2. The number of hydrogen-bond donors (Lipinski definition) is 1. The van der Waals surface area contributed by atoms with Gasteiger partial charge in [0.2, 0.25) is 0 Å². The molecule has 6 heteroatoms. The number of likely N-dealkylation sites (tertiary alicyclic amines) is 1. The Balaban J connectivity index is 1.37. The second kappa shape index (κ2) is 10.1. The number of likely N-dealkylation sites (N-methyl/N-ethyl adjacent to an activating group) is 1. The number of nitrogens with zero attached hydrogens (tertiary/aromatic N) is 3. The molecule has 0 aliphatic carbocycles. The fourth-order valence-corrected chi connectivity index (χ4v) is 3.90. The molecule has 0 radical (unpaired) electrons. The van der Waals surface area contributed by atoms with Gasteiger partial charge in [0.05, 0.1) is 13.2 Å². The van der Waals surface area contributed by atoms with Crippen molar-refractivity contribution in [2.45, 2.75) is 25.9 Å². The van der Waals surface area contributed by atoms with Gasteiger partial charge in [-0.05, 0) is 31.4 Å². The molecule has 6 nitrogen and oxygen atoms in total. The molecule has 1 aromatic carbocycles. The monoisotopic (exact) mass is 374 g/mol. The average Bonchev–Trinajstić information content (AvgIpc) is 3.16. The highest BCUT2D eigenvalue weighted by atomic mass is 16.5. The molecule has 2 amide bonds. The molecular formula is C21H34N4O2.